The van der Waals surface area contributed by atoms with Crippen LogP contribution in [-0.4, -0.2) is 79.6 Å². The first-order chi connectivity index (χ1) is 11.0. The highest BCUT2D eigenvalue weighted by Gasteiger charge is 2.42. The molecule has 0 aromatic heterocycles. The van der Waals surface area contributed by atoms with Gasteiger partial charge in [-0.3, -0.25) is 14.4 Å². The molecule has 23 heavy (non-hydrogen) atoms. The van der Waals surface area contributed by atoms with Crippen molar-refractivity contribution in [2.45, 2.75) is 31.4 Å². The molecule has 0 radical (unpaired) electrons. The van der Waals surface area contributed by atoms with Gasteiger partial charge < -0.3 is 19.9 Å². The third kappa shape index (κ3) is 4.40. The number of methoxy groups -OCH3 is 1. The number of likely N-dealkylation sites (tertiary alicyclic amines) is 2. The minimum absolute atomic E-state index is 0.00674. The molecule has 0 aromatic carbocycles. The average molecular weight is 329 g/mol. The van der Waals surface area contributed by atoms with E-state index < -0.39 is 11.6 Å². The summed E-state index contributed by atoms with van der Waals surface area (Å²) in [6.45, 7) is 1.63. The predicted molar refractivity (Wildman–Crippen MR) is 80.4 cm³/mol. The van der Waals surface area contributed by atoms with Gasteiger partial charge >= 0.3 is 0 Å². The molecular weight excluding hydrogens is 305 g/mol. The van der Waals surface area contributed by atoms with E-state index in [1.807, 2.05) is 0 Å². The van der Waals surface area contributed by atoms with Crippen molar-refractivity contribution >= 4 is 17.7 Å². The molecule has 1 N–H and O–H groups in total. The largest absolute Gasteiger partial charge is 0.383 e. The lowest BCUT2D eigenvalue weighted by molar-refractivity contribution is -0.144. The summed E-state index contributed by atoms with van der Waals surface area (Å²) in [4.78, 5) is 38.7. The molecule has 0 aliphatic carbocycles. The molecule has 0 spiro atoms. The topological polar surface area (TPSA) is 79.0 Å². The second kappa shape index (κ2) is 7.72. The van der Waals surface area contributed by atoms with Crippen molar-refractivity contribution in [3.8, 4) is 0 Å². The SMILES string of the molecule is COCCNC(=O)C1(F)CCN(C(=O)CN2CCCC2=O)CC1. The highest BCUT2D eigenvalue weighted by molar-refractivity contribution is 5.87. The minimum atomic E-state index is -1.94. The van der Waals surface area contributed by atoms with E-state index in [1.54, 1.807) is 0 Å². The Hall–Kier alpha value is -1.70. The van der Waals surface area contributed by atoms with Crippen LogP contribution in [-0.2, 0) is 19.1 Å². The number of alkyl halides is 1. The van der Waals surface area contributed by atoms with E-state index >= 15 is 0 Å². The second-order valence-corrected chi connectivity index (χ2v) is 6.01. The number of carbonyl (C=O) groups is 3. The van der Waals surface area contributed by atoms with Gasteiger partial charge in [0, 0.05) is 52.6 Å². The Morgan fingerprint density at radius 2 is 2.00 bits per heavy atom. The van der Waals surface area contributed by atoms with E-state index in [9.17, 15) is 18.8 Å². The maximum absolute atomic E-state index is 14.6. The molecule has 3 amide bonds. The van der Waals surface area contributed by atoms with E-state index in [0.717, 1.165) is 6.42 Å². The first-order valence-electron chi connectivity index (χ1n) is 7.98. The number of carbonyl (C=O) groups excluding carboxylic acids is 3. The summed E-state index contributed by atoms with van der Waals surface area (Å²) in [6, 6.07) is 0. The Labute approximate surface area is 135 Å². The number of halogens is 1. The Balaban J connectivity index is 1.79. The van der Waals surface area contributed by atoms with Crippen molar-refractivity contribution in [2.75, 3.05) is 46.4 Å². The number of ether oxygens (including phenoxy) is 1. The van der Waals surface area contributed by atoms with Crippen molar-refractivity contribution in [1.29, 1.82) is 0 Å². The number of piperidine rings is 1. The molecule has 2 aliphatic rings. The van der Waals surface area contributed by atoms with Crippen LogP contribution < -0.4 is 5.32 Å². The van der Waals surface area contributed by atoms with Gasteiger partial charge in [0.05, 0.1) is 13.2 Å². The Kier molecular flexibility index (Phi) is 5.92. The third-order valence-electron chi connectivity index (χ3n) is 4.40. The van der Waals surface area contributed by atoms with Gasteiger partial charge in [-0.15, -0.1) is 0 Å². The van der Waals surface area contributed by atoms with Gasteiger partial charge in [0.25, 0.3) is 5.91 Å². The maximum Gasteiger partial charge on any atom is 0.257 e. The zero-order valence-electron chi connectivity index (χ0n) is 13.5. The summed E-state index contributed by atoms with van der Waals surface area (Å²) in [6.07, 6.45) is 1.22. The van der Waals surface area contributed by atoms with E-state index in [-0.39, 0.29) is 50.8 Å². The van der Waals surface area contributed by atoms with Crippen LogP contribution in [0.2, 0.25) is 0 Å². The second-order valence-electron chi connectivity index (χ2n) is 6.01. The van der Waals surface area contributed by atoms with Crippen LogP contribution in [0.4, 0.5) is 4.39 Å². The Bertz CT molecular complexity index is 464. The minimum Gasteiger partial charge on any atom is -0.383 e. The first-order valence-corrected chi connectivity index (χ1v) is 7.98. The molecule has 7 nitrogen and oxygen atoms in total. The molecule has 2 heterocycles. The number of hydrogen-bond donors (Lipinski definition) is 1. The molecule has 2 aliphatic heterocycles. The standard InChI is InChI=1S/C15H24FN3O4/c1-23-10-6-17-14(22)15(16)4-8-18(9-5-15)13(21)11-19-7-2-3-12(19)20/h2-11H2,1H3,(H,17,22). The van der Waals surface area contributed by atoms with Crippen LogP contribution in [0.15, 0.2) is 0 Å². The summed E-state index contributed by atoms with van der Waals surface area (Å²) >= 11 is 0. The fourth-order valence-corrected chi connectivity index (χ4v) is 2.90. The summed E-state index contributed by atoms with van der Waals surface area (Å²) < 4.78 is 19.5. The van der Waals surface area contributed by atoms with Crippen molar-refractivity contribution in [1.82, 2.24) is 15.1 Å². The fraction of sp³-hybridized carbons (Fsp3) is 0.800. The molecule has 2 fully saturated rings. The van der Waals surface area contributed by atoms with Crippen molar-refractivity contribution < 1.29 is 23.5 Å². The smallest absolute Gasteiger partial charge is 0.257 e. The number of hydrogen-bond acceptors (Lipinski definition) is 4. The van der Waals surface area contributed by atoms with E-state index in [1.165, 1.54) is 16.9 Å². The van der Waals surface area contributed by atoms with Crippen molar-refractivity contribution in [3.63, 3.8) is 0 Å². The number of nitrogens with zero attached hydrogens (tertiary/aromatic N) is 2. The lowest BCUT2D eigenvalue weighted by Gasteiger charge is -2.36. The predicted octanol–water partition coefficient (Wildman–Crippen LogP) is -0.298. The van der Waals surface area contributed by atoms with Crippen LogP contribution in [0.1, 0.15) is 25.7 Å². The summed E-state index contributed by atoms with van der Waals surface area (Å²) in [7, 11) is 1.51. The molecule has 130 valence electrons. The summed E-state index contributed by atoms with van der Waals surface area (Å²) in [5, 5.41) is 2.51. The van der Waals surface area contributed by atoms with E-state index in [2.05, 4.69) is 5.32 Å². The molecule has 0 bridgehead atoms. The van der Waals surface area contributed by atoms with Crippen LogP contribution in [0.25, 0.3) is 0 Å². The quantitative estimate of drug-likeness (QED) is 0.679. The summed E-state index contributed by atoms with van der Waals surface area (Å²) in [5.74, 6) is -0.828. The van der Waals surface area contributed by atoms with Gasteiger partial charge in [-0.05, 0) is 6.42 Å². The van der Waals surface area contributed by atoms with Gasteiger partial charge in [-0.2, -0.15) is 0 Å². The number of amides is 3. The normalized spacial score (nSPS) is 20.7. The molecule has 0 saturated carbocycles. The van der Waals surface area contributed by atoms with Gasteiger partial charge in [-0.1, -0.05) is 0 Å². The van der Waals surface area contributed by atoms with Crippen molar-refractivity contribution in [3.05, 3.63) is 0 Å². The fourth-order valence-electron chi connectivity index (χ4n) is 2.90. The van der Waals surface area contributed by atoms with Crippen molar-refractivity contribution in [2.24, 2.45) is 0 Å². The molecule has 8 heteroatoms. The van der Waals surface area contributed by atoms with Crippen LogP contribution in [0.5, 0.6) is 0 Å². The van der Waals surface area contributed by atoms with E-state index in [0.29, 0.717) is 19.6 Å². The number of rotatable bonds is 6. The maximum atomic E-state index is 14.6. The monoisotopic (exact) mass is 329 g/mol. The zero-order valence-corrected chi connectivity index (χ0v) is 13.5. The van der Waals surface area contributed by atoms with Gasteiger partial charge in [0.15, 0.2) is 5.67 Å². The molecule has 0 aromatic rings. The average Bonchev–Trinajstić information content (AvgIpc) is 2.93. The summed E-state index contributed by atoms with van der Waals surface area (Å²) in [5.41, 5.74) is -1.94. The first kappa shape index (κ1) is 17.7. The molecular formula is C15H24FN3O4. The van der Waals surface area contributed by atoms with Gasteiger partial charge in [0.2, 0.25) is 11.8 Å². The zero-order chi connectivity index (χ0) is 16.9. The van der Waals surface area contributed by atoms with E-state index in [4.69, 9.17) is 4.74 Å². The lowest BCUT2D eigenvalue weighted by Crippen LogP contribution is -2.53. The Morgan fingerprint density at radius 3 is 2.57 bits per heavy atom. The third-order valence-corrected chi connectivity index (χ3v) is 4.40. The van der Waals surface area contributed by atoms with Crippen LogP contribution in [0, 0.1) is 0 Å². The van der Waals surface area contributed by atoms with Gasteiger partial charge in [-0.25, -0.2) is 4.39 Å². The number of nitrogens with one attached hydrogen (secondary N) is 1. The van der Waals surface area contributed by atoms with Crippen LogP contribution >= 0.6 is 0 Å². The molecule has 2 saturated heterocycles. The van der Waals surface area contributed by atoms with Crippen LogP contribution in [0.3, 0.4) is 0 Å². The molecule has 0 unspecified atom stereocenters. The van der Waals surface area contributed by atoms with Gasteiger partial charge in [0.1, 0.15) is 0 Å². The highest BCUT2D eigenvalue weighted by atomic mass is 19.1. The lowest BCUT2D eigenvalue weighted by atomic mass is 9.92. The Morgan fingerprint density at radius 1 is 1.30 bits per heavy atom. The molecule has 0 atom stereocenters. The molecule has 2 rings (SSSR count). The highest BCUT2D eigenvalue weighted by Crippen LogP contribution is 2.27.